The molecule has 0 aromatic heterocycles. The molecule has 0 bridgehead atoms. The second-order valence-corrected chi connectivity index (χ2v) is 4.17. The topological polar surface area (TPSA) is 49.3 Å². The number of rotatable bonds is 3. The number of carbonyl (C=O) groups is 1. The summed E-state index contributed by atoms with van der Waals surface area (Å²) in [6, 6.07) is 2.20. The fraction of sp³-hybridized carbons (Fsp3) is 0.222. The maximum atomic E-state index is 10.6. The summed E-state index contributed by atoms with van der Waals surface area (Å²) >= 11 is 17.3. The van der Waals surface area contributed by atoms with Crippen LogP contribution in [-0.4, -0.2) is 17.1 Å². The van der Waals surface area contributed by atoms with Crippen LogP contribution in [0.1, 0.15) is 6.92 Å². The summed E-state index contributed by atoms with van der Waals surface area (Å²) in [4.78, 5) is 10.6. The van der Waals surface area contributed by atoms with Crippen LogP contribution in [-0.2, 0) is 4.79 Å². The Balaban J connectivity index is 2.95. The molecule has 1 aromatic carbocycles. The number of halogens is 3. The fourth-order valence-electron chi connectivity index (χ4n) is 0.928. The highest BCUT2D eigenvalue weighted by Gasteiger charge is 2.13. The molecular formula is C9H8Cl3NO2. The molecule has 0 saturated carbocycles. The van der Waals surface area contributed by atoms with Crippen LogP contribution in [0.25, 0.3) is 0 Å². The van der Waals surface area contributed by atoms with E-state index in [0.29, 0.717) is 20.8 Å². The SMILES string of the molecule is CC(Nc1cc(Cl)c(Cl)cc1Cl)C(=O)O. The second kappa shape index (κ2) is 4.92. The summed E-state index contributed by atoms with van der Waals surface area (Å²) in [7, 11) is 0. The third-order valence-electron chi connectivity index (χ3n) is 1.75. The zero-order valence-electron chi connectivity index (χ0n) is 7.72. The van der Waals surface area contributed by atoms with E-state index in [9.17, 15) is 4.79 Å². The lowest BCUT2D eigenvalue weighted by Crippen LogP contribution is -2.25. The number of aliphatic carboxylic acids is 1. The minimum absolute atomic E-state index is 0.321. The van der Waals surface area contributed by atoms with Gasteiger partial charge in [-0.25, -0.2) is 0 Å². The number of anilines is 1. The van der Waals surface area contributed by atoms with E-state index in [1.54, 1.807) is 0 Å². The van der Waals surface area contributed by atoms with Crippen LogP contribution in [0.5, 0.6) is 0 Å². The Morgan fingerprint density at radius 1 is 1.27 bits per heavy atom. The van der Waals surface area contributed by atoms with Gasteiger partial charge >= 0.3 is 5.97 Å². The lowest BCUT2D eigenvalue weighted by molar-refractivity contribution is -0.137. The second-order valence-electron chi connectivity index (χ2n) is 2.95. The number of carboxylic acids is 1. The van der Waals surface area contributed by atoms with Gasteiger partial charge in [0.15, 0.2) is 0 Å². The van der Waals surface area contributed by atoms with Crippen LogP contribution in [0, 0.1) is 0 Å². The Kier molecular flexibility index (Phi) is 4.08. The third kappa shape index (κ3) is 3.16. The van der Waals surface area contributed by atoms with Crippen molar-refractivity contribution in [1.29, 1.82) is 0 Å². The molecule has 2 N–H and O–H groups in total. The van der Waals surface area contributed by atoms with Gasteiger partial charge in [-0.1, -0.05) is 34.8 Å². The van der Waals surface area contributed by atoms with Crippen LogP contribution in [0.3, 0.4) is 0 Å². The van der Waals surface area contributed by atoms with E-state index in [1.165, 1.54) is 19.1 Å². The Morgan fingerprint density at radius 3 is 2.33 bits per heavy atom. The number of hydrogen-bond donors (Lipinski definition) is 2. The molecule has 0 saturated heterocycles. The van der Waals surface area contributed by atoms with E-state index >= 15 is 0 Å². The van der Waals surface area contributed by atoms with Crippen LogP contribution in [0.15, 0.2) is 12.1 Å². The molecule has 0 aliphatic heterocycles. The van der Waals surface area contributed by atoms with Crippen LogP contribution >= 0.6 is 34.8 Å². The summed E-state index contributed by atoms with van der Waals surface area (Å²) in [6.07, 6.45) is 0. The van der Waals surface area contributed by atoms with Gasteiger partial charge in [0.2, 0.25) is 0 Å². The van der Waals surface area contributed by atoms with Gasteiger partial charge in [-0.3, -0.25) is 4.79 Å². The quantitative estimate of drug-likeness (QED) is 0.825. The highest BCUT2D eigenvalue weighted by Crippen LogP contribution is 2.32. The minimum Gasteiger partial charge on any atom is -0.480 e. The first-order chi connectivity index (χ1) is 6.91. The van der Waals surface area contributed by atoms with Crippen molar-refractivity contribution in [3.63, 3.8) is 0 Å². The van der Waals surface area contributed by atoms with Crippen LogP contribution in [0.4, 0.5) is 5.69 Å². The zero-order chi connectivity index (χ0) is 11.6. The van der Waals surface area contributed by atoms with E-state index in [2.05, 4.69) is 5.32 Å². The molecule has 0 aliphatic carbocycles. The monoisotopic (exact) mass is 267 g/mol. The molecular weight excluding hydrogens is 260 g/mol. The van der Waals surface area contributed by atoms with Crippen molar-refractivity contribution in [2.75, 3.05) is 5.32 Å². The maximum Gasteiger partial charge on any atom is 0.325 e. The van der Waals surface area contributed by atoms with Gasteiger partial charge in [0.1, 0.15) is 6.04 Å². The molecule has 0 amide bonds. The average molecular weight is 269 g/mol. The average Bonchev–Trinajstić information content (AvgIpc) is 2.13. The molecule has 82 valence electrons. The zero-order valence-corrected chi connectivity index (χ0v) is 9.99. The summed E-state index contributed by atoms with van der Waals surface area (Å²) in [5.74, 6) is -0.975. The third-order valence-corrected chi connectivity index (χ3v) is 2.79. The highest BCUT2D eigenvalue weighted by molar-refractivity contribution is 6.44. The lowest BCUT2D eigenvalue weighted by atomic mass is 10.2. The van der Waals surface area contributed by atoms with E-state index < -0.39 is 12.0 Å². The van der Waals surface area contributed by atoms with Gasteiger partial charge in [-0.05, 0) is 19.1 Å². The molecule has 6 heteroatoms. The molecule has 1 atom stereocenters. The number of hydrogen-bond acceptors (Lipinski definition) is 2. The fourth-order valence-corrected chi connectivity index (χ4v) is 1.53. The minimum atomic E-state index is -0.975. The summed E-state index contributed by atoms with van der Waals surface area (Å²) in [5, 5.41) is 12.4. The number of carboxylic acid groups (broad SMARTS) is 1. The largest absolute Gasteiger partial charge is 0.480 e. The van der Waals surface area contributed by atoms with Crippen LogP contribution in [0.2, 0.25) is 15.1 Å². The van der Waals surface area contributed by atoms with Crippen molar-refractivity contribution in [2.24, 2.45) is 0 Å². The summed E-state index contributed by atoms with van der Waals surface area (Å²) in [5.41, 5.74) is 0.445. The van der Waals surface area contributed by atoms with E-state index in [-0.39, 0.29) is 0 Å². The first kappa shape index (κ1) is 12.4. The lowest BCUT2D eigenvalue weighted by Gasteiger charge is -2.12. The predicted molar refractivity (Wildman–Crippen MR) is 62.2 cm³/mol. The maximum absolute atomic E-state index is 10.6. The Labute approximate surface area is 102 Å². The molecule has 0 radical (unpaired) electrons. The molecule has 0 aliphatic rings. The molecule has 1 aromatic rings. The molecule has 0 fully saturated rings. The molecule has 1 rings (SSSR count). The molecule has 15 heavy (non-hydrogen) atoms. The van der Waals surface area contributed by atoms with Crippen LogP contribution < -0.4 is 5.32 Å². The van der Waals surface area contributed by atoms with Crippen molar-refractivity contribution in [2.45, 2.75) is 13.0 Å². The predicted octanol–water partition coefficient (Wildman–Crippen LogP) is 3.53. The number of nitrogens with one attached hydrogen (secondary N) is 1. The summed E-state index contributed by atoms with van der Waals surface area (Å²) < 4.78 is 0. The van der Waals surface area contributed by atoms with Crippen molar-refractivity contribution in [3.05, 3.63) is 27.2 Å². The molecule has 1 unspecified atom stereocenters. The molecule has 3 nitrogen and oxygen atoms in total. The first-order valence-electron chi connectivity index (χ1n) is 4.05. The van der Waals surface area contributed by atoms with Crippen molar-refractivity contribution < 1.29 is 9.90 Å². The van der Waals surface area contributed by atoms with Gasteiger partial charge in [-0.15, -0.1) is 0 Å². The van der Waals surface area contributed by atoms with E-state index in [0.717, 1.165) is 0 Å². The van der Waals surface area contributed by atoms with Gasteiger partial charge < -0.3 is 10.4 Å². The van der Waals surface area contributed by atoms with E-state index in [4.69, 9.17) is 39.9 Å². The first-order valence-corrected chi connectivity index (χ1v) is 5.19. The van der Waals surface area contributed by atoms with Gasteiger partial charge in [0.25, 0.3) is 0 Å². The van der Waals surface area contributed by atoms with Crippen molar-refractivity contribution in [3.8, 4) is 0 Å². The number of benzene rings is 1. The standard InChI is InChI=1S/C9H8Cl3NO2/c1-4(9(14)15)13-8-3-6(11)5(10)2-7(8)12/h2-4,13H,1H3,(H,14,15). The van der Waals surface area contributed by atoms with Crippen molar-refractivity contribution >= 4 is 46.5 Å². The molecule has 0 heterocycles. The van der Waals surface area contributed by atoms with Crippen molar-refractivity contribution in [1.82, 2.24) is 0 Å². The highest BCUT2D eigenvalue weighted by atomic mass is 35.5. The molecule has 0 spiro atoms. The van der Waals surface area contributed by atoms with Gasteiger partial charge in [0.05, 0.1) is 20.8 Å². The Hall–Kier alpha value is -0.640. The normalized spacial score (nSPS) is 12.3. The Morgan fingerprint density at radius 2 is 1.80 bits per heavy atom. The van der Waals surface area contributed by atoms with Gasteiger partial charge in [-0.2, -0.15) is 0 Å². The summed E-state index contributed by atoms with van der Waals surface area (Å²) in [6.45, 7) is 1.50. The smallest absolute Gasteiger partial charge is 0.325 e. The van der Waals surface area contributed by atoms with Gasteiger partial charge in [0, 0.05) is 0 Å². The Bertz CT molecular complexity index is 395. The van der Waals surface area contributed by atoms with E-state index in [1.807, 2.05) is 0 Å².